The molecule has 1 fully saturated rings. The molecule has 12 heteroatoms. The fourth-order valence-corrected chi connectivity index (χ4v) is 4.23. The third kappa shape index (κ3) is 6.24. The first-order chi connectivity index (χ1) is 17.2. The topological polar surface area (TPSA) is 84.2 Å². The summed E-state index contributed by atoms with van der Waals surface area (Å²) in [6.45, 7) is 6.34. The Labute approximate surface area is 206 Å². The van der Waals surface area contributed by atoms with E-state index in [1.54, 1.807) is 37.0 Å². The average molecular weight is 507 g/mol. The lowest BCUT2D eigenvalue weighted by Gasteiger charge is -2.36. The number of fused-ring (bicyclic) bond motifs is 1. The number of benzene rings is 1. The van der Waals surface area contributed by atoms with Crippen molar-refractivity contribution in [2.75, 3.05) is 51.8 Å². The van der Waals surface area contributed by atoms with Gasteiger partial charge in [0.15, 0.2) is 5.65 Å². The molecule has 0 spiro atoms. The second-order valence-corrected chi connectivity index (χ2v) is 8.57. The highest BCUT2D eigenvalue weighted by atomic mass is 19.4. The van der Waals surface area contributed by atoms with E-state index >= 15 is 0 Å². The van der Waals surface area contributed by atoms with E-state index in [-0.39, 0.29) is 11.7 Å². The van der Waals surface area contributed by atoms with E-state index in [0.29, 0.717) is 35.8 Å². The van der Waals surface area contributed by atoms with Crippen molar-refractivity contribution in [1.82, 2.24) is 24.2 Å². The maximum atomic E-state index is 13.2. The molecule has 0 bridgehead atoms. The van der Waals surface area contributed by atoms with Crippen LogP contribution in [-0.2, 0) is 9.53 Å². The minimum atomic E-state index is -4.77. The number of methoxy groups -OCH3 is 1. The van der Waals surface area contributed by atoms with Gasteiger partial charge in [0.1, 0.15) is 23.3 Å². The zero-order valence-corrected chi connectivity index (χ0v) is 20.2. The molecule has 3 aromatic rings. The molecule has 1 N–H and O–H groups in total. The molecule has 194 valence electrons. The van der Waals surface area contributed by atoms with E-state index in [9.17, 15) is 18.0 Å². The third-order valence-electron chi connectivity index (χ3n) is 6.02. The van der Waals surface area contributed by atoms with Crippen LogP contribution in [0.3, 0.4) is 0 Å². The Balaban J connectivity index is 1.49. The van der Waals surface area contributed by atoms with Crippen LogP contribution in [0.2, 0.25) is 0 Å². The molecule has 0 saturated carbocycles. The number of aromatic nitrogens is 3. The molecule has 1 saturated heterocycles. The van der Waals surface area contributed by atoms with Crippen molar-refractivity contribution < 1.29 is 27.4 Å². The zero-order valence-electron chi connectivity index (χ0n) is 20.2. The summed E-state index contributed by atoms with van der Waals surface area (Å²) in [7, 11) is 1.69. The van der Waals surface area contributed by atoms with E-state index in [1.165, 1.54) is 24.3 Å². The number of piperazine rings is 1. The van der Waals surface area contributed by atoms with Crippen LogP contribution >= 0.6 is 0 Å². The molecule has 3 heterocycles. The Bertz CT molecular complexity index is 1160. The fraction of sp³-hybridized carbons (Fsp3) is 0.458. The lowest BCUT2D eigenvalue weighted by Crippen LogP contribution is -2.52. The van der Waals surface area contributed by atoms with Gasteiger partial charge in [-0.05, 0) is 37.6 Å². The Morgan fingerprint density at radius 1 is 1.17 bits per heavy atom. The van der Waals surface area contributed by atoms with Crippen LogP contribution in [0.25, 0.3) is 16.9 Å². The van der Waals surface area contributed by atoms with Crippen LogP contribution in [0, 0.1) is 0 Å². The maximum absolute atomic E-state index is 13.2. The Morgan fingerprint density at radius 3 is 2.56 bits per heavy atom. The van der Waals surface area contributed by atoms with Crippen molar-refractivity contribution in [2.45, 2.75) is 25.7 Å². The predicted octanol–water partition coefficient (Wildman–Crippen LogP) is 3.28. The quantitative estimate of drug-likeness (QED) is 0.446. The van der Waals surface area contributed by atoms with E-state index < -0.39 is 12.4 Å². The smallest absolute Gasteiger partial charge is 0.406 e. The van der Waals surface area contributed by atoms with Crippen molar-refractivity contribution in [1.29, 1.82) is 0 Å². The van der Waals surface area contributed by atoms with Gasteiger partial charge < -0.3 is 19.7 Å². The first kappa shape index (κ1) is 25.7. The molecule has 0 aliphatic carbocycles. The Morgan fingerprint density at radius 2 is 1.89 bits per heavy atom. The van der Waals surface area contributed by atoms with Crippen LogP contribution in [0.4, 0.5) is 19.0 Å². The van der Waals surface area contributed by atoms with E-state index in [0.717, 1.165) is 32.7 Å². The van der Waals surface area contributed by atoms with E-state index in [1.807, 2.05) is 4.90 Å². The van der Waals surface area contributed by atoms with Crippen LogP contribution < -0.4 is 10.1 Å². The van der Waals surface area contributed by atoms with Gasteiger partial charge in [0.05, 0.1) is 6.20 Å². The van der Waals surface area contributed by atoms with Gasteiger partial charge in [-0.1, -0.05) is 0 Å². The highest BCUT2D eigenvalue weighted by Gasteiger charge is 2.31. The van der Waals surface area contributed by atoms with Crippen molar-refractivity contribution >= 4 is 17.4 Å². The van der Waals surface area contributed by atoms with Crippen LogP contribution in [0.15, 0.2) is 42.9 Å². The van der Waals surface area contributed by atoms with Gasteiger partial charge in [-0.3, -0.25) is 19.1 Å². The number of carbonyl (C=O) groups is 1. The summed E-state index contributed by atoms with van der Waals surface area (Å²) in [5.74, 6) is 0.197. The second-order valence-electron chi connectivity index (χ2n) is 8.57. The minimum absolute atomic E-state index is 0.0320. The molecule has 1 amide bonds. The number of imidazole rings is 1. The Kier molecular flexibility index (Phi) is 7.94. The molecule has 36 heavy (non-hydrogen) atoms. The second kappa shape index (κ2) is 11.1. The van der Waals surface area contributed by atoms with Crippen LogP contribution in [0.5, 0.6) is 5.75 Å². The van der Waals surface area contributed by atoms with Crippen molar-refractivity contribution in [3.05, 3.63) is 42.9 Å². The zero-order chi connectivity index (χ0) is 25.7. The number of alkyl halides is 3. The third-order valence-corrected chi connectivity index (χ3v) is 6.02. The van der Waals surface area contributed by atoms with E-state index in [2.05, 4.69) is 24.9 Å². The molecule has 1 atom stereocenters. The van der Waals surface area contributed by atoms with Gasteiger partial charge in [0.2, 0.25) is 5.91 Å². The number of ether oxygens (including phenoxy) is 2. The summed E-state index contributed by atoms with van der Waals surface area (Å²) >= 11 is 0. The molecule has 1 aromatic carbocycles. The van der Waals surface area contributed by atoms with Gasteiger partial charge in [-0.25, -0.2) is 4.98 Å². The Hall–Kier alpha value is -3.38. The molecule has 0 radical (unpaired) electrons. The van der Waals surface area contributed by atoms with Gasteiger partial charge >= 0.3 is 6.36 Å². The van der Waals surface area contributed by atoms with Crippen molar-refractivity contribution in [2.24, 2.45) is 0 Å². The number of carbonyl (C=O) groups excluding carboxylic acids is 1. The molecule has 1 unspecified atom stereocenters. The van der Waals surface area contributed by atoms with Gasteiger partial charge in [-0.2, -0.15) is 0 Å². The standard InChI is InChI=1S/C24H29F3N6O3/c1-17(23(34)32-13-11-31(12-14-32)9-3-15-35-2)29-22-21(30-20-16-28-8-10-33(20)22)18-4-6-19(7-5-18)36-24(25,26)27/h4-8,10,16-17,29H,3,9,11-15H2,1-2H3. The SMILES string of the molecule is COCCCN1CCN(C(=O)C(C)Nc2c(-c3ccc(OC(F)(F)F)cc3)nc3cnccn23)CC1. The summed E-state index contributed by atoms with van der Waals surface area (Å²) in [6, 6.07) is 4.91. The number of nitrogens with one attached hydrogen (secondary N) is 1. The van der Waals surface area contributed by atoms with Gasteiger partial charge in [-0.15, -0.1) is 13.2 Å². The number of hydrogen-bond donors (Lipinski definition) is 1. The number of nitrogens with zero attached hydrogens (tertiary/aromatic N) is 5. The van der Waals surface area contributed by atoms with Crippen molar-refractivity contribution in [3.8, 4) is 17.0 Å². The van der Waals surface area contributed by atoms with Crippen LogP contribution in [-0.4, -0.2) is 88.9 Å². The summed E-state index contributed by atoms with van der Waals surface area (Å²) in [6.07, 6.45) is 1.07. The number of hydrogen-bond acceptors (Lipinski definition) is 7. The largest absolute Gasteiger partial charge is 0.573 e. The molecular formula is C24H29F3N6O3. The summed E-state index contributed by atoms with van der Waals surface area (Å²) in [5.41, 5.74) is 1.60. The molecule has 1 aliphatic rings. The predicted molar refractivity (Wildman–Crippen MR) is 128 cm³/mol. The number of rotatable bonds is 9. The number of halogens is 3. The summed E-state index contributed by atoms with van der Waals surface area (Å²) in [4.78, 5) is 26.1. The monoisotopic (exact) mass is 506 g/mol. The number of amides is 1. The molecule has 2 aromatic heterocycles. The lowest BCUT2D eigenvalue weighted by molar-refractivity contribution is -0.274. The molecular weight excluding hydrogens is 477 g/mol. The van der Waals surface area contributed by atoms with Gasteiger partial charge in [0.25, 0.3) is 0 Å². The summed E-state index contributed by atoms with van der Waals surface area (Å²) < 4.78 is 48.4. The van der Waals surface area contributed by atoms with E-state index in [4.69, 9.17) is 4.74 Å². The average Bonchev–Trinajstić information content (AvgIpc) is 3.22. The molecule has 4 rings (SSSR count). The van der Waals surface area contributed by atoms with Gasteiger partial charge in [0, 0.05) is 64.4 Å². The first-order valence-electron chi connectivity index (χ1n) is 11.7. The normalized spacial score (nSPS) is 15.8. The first-order valence-corrected chi connectivity index (χ1v) is 11.7. The van der Waals surface area contributed by atoms with Crippen LogP contribution in [0.1, 0.15) is 13.3 Å². The highest BCUT2D eigenvalue weighted by molar-refractivity contribution is 5.86. The van der Waals surface area contributed by atoms with Crippen molar-refractivity contribution in [3.63, 3.8) is 0 Å². The number of anilines is 1. The molecule has 1 aliphatic heterocycles. The highest BCUT2D eigenvalue weighted by Crippen LogP contribution is 2.31. The maximum Gasteiger partial charge on any atom is 0.573 e. The fourth-order valence-electron chi connectivity index (χ4n) is 4.23. The molecule has 9 nitrogen and oxygen atoms in total. The summed E-state index contributed by atoms with van der Waals surface area (Å²) in [5, 5.41) is 3.28. The lowest BCUT2D eigenvalue weighted by atomic mass is 10.1. The minimum Gasteiger partial charge on any atom is -0.406 e.